The summed E-state index contributed by atoms with van der Waals surface area (Å²) >= 11 is 0. The molecule has 140 valence electrons. The number of rotatable bonds is 6. The third kappa shape index (κ3) is 4.65. The molecular weight excluding hydrogens is 348 g/mol. The van der Waals surface area contributed by atoms with Gasteiger partial charge in [-0.15, -0.1) is 0 Å². The highest BCUT2D eigenvalue weighted by atomic mass is 16.5. The number of phenolic OH excluding ortho intramolecular Hbond substituents is 1. The summed E-state index contributed by atoms with van der Waals surface area (Å²) in [6, 6.07) is 13.2. The highest BCUT2D eigenvalue weighted by molar-refractivity contribution is 5.91. The van der Waals surface area contributed by atoms with E-state index < -0.39 is 5.63 Å². The van der Waals surface area contributed by atoms with Crippen molar-refractivity contribution in [3.63, 3.8) is 0 Å². The van der Waals surface area contributed by atoms with Crippen LogP contribution in [0.5, 0.6) is 11.5 Å². The van der Waals surface area contributed by atoms with Gasteiger partial charge in [-0.3, -0.25) is 4.79 Å². The zero-order valence-corrected chi connectivity index (χ0v) is 15.1. The van der Waals surface area contributed by atoms with Crippen LogP contribution >= 0.6 is 0 Å². The molecule has 3 N–H and O–H groups in total. The van der Waals surface area contributed by atoms with Crippen molar-refractivity contribution in [2.45, 2.75) is 6.54 Å². The van der Waals surface area contributed by atoms with Crippen molar-refractivity contribution < 1.29 is 24.0 Å². The summed E-state index contributed by atoms with van der Waals surface area (Å²) in [6.45, 7) is 0.689. The number of aromatic hydroxyl groups is 1. The highest BCUT2D eigenvalue weighted by Crippen LogP contribution is 2.21. The topological polar surface area (TPSA) is 93.2 Å². The van der Waals surface area contributed by atoms with Crippen molar-refractivity contribution in [2.24, 2.45) is 0 Å². The number of nitrogens with one attached hydrogen (secondary N) is 2. The molecule has 1 atom stereocenters. The van der Waals surface area contributed by atoms with E-state index in [-0.39, 0.29) is 18.2 Å². The lowest BCUT2D eigenvalue weighted by atomic mass is 10.1. The number of carbonyl (C=O) groups is 1. The first-order chi connectivity index (χ1) is 12.9. The van der Waals surface area contributed by atoms with Gasteiger partial charge in [-0.25, -0.2) is 4.79 Å². The van der Waals surface area contributed by atoms with E-state index in [9.17, 15) is 14.7 Å². The molecule has 1 heterocycles. The summed E-state index contributed by atoms with van der Waals surface area (Å²) in [5.74, 6) is 0.613. The second-order valence-electron chi connectivity index (χ2n) is 6.36. The molecule has 3 aromatic rings. The maximum atomic E-state index is 12.3. The minimum atomic E-state index is -0.487. The Kier molecular flexibility index (Phi) is 5.42. The lowest BCUT2D eigenvalue weighted by molar-refractivity contribution is -0.885. The molecular formula is C20H21N2O5+. The summed E-state index contributed by atoms with van der Waals surface area (Å²) in [4.78, 5) is 24.9. The van der Waals surface area contributed by atoms with Crippen LogP contribution in [-0.4, -0.2) is 31.7 Å². The molecule has 3 rings (SSSR count). The zero-order chi connectivity index (χ0) is 19.4. The van der Waals surface area contributed by atoms with Crippen molar-refractivity contribution in [3.8, 4) is 11.5 Å². The Hall–Kier alpha value is -3.32. The van der Waals surface area contributed by atoms with Crippen molar-refractivity contribution in [1.29, 1.82) is 0 Å². The van der Waals surface area contributed by atoms with E-state index in [4.69, 9.17) is 9.15 Å². The number of anilines is 1. The molecule has 1 amide bonds. The third-order valence-corrected chi connectivity index (χ3v) is 4.14. The number of hydrogen-bond acceptors (Lipinski definition) is 5. The van der Waals surface area contributed by atoms with Crippen LogP contribution in [-0.2, 0) is 11.3 Å². The molecule has 0 bridgehead atoms. The molecule has 0 radical (unpaired) electrons. The maximum Gasteiger partial charge on any atom is 0.336 e. The normalized spacial score (nSPS) is 11.9. The Labute approximate surface area is 155 Å². The van der Waals surface area contributed by atoms with Crippen molar-refractivity contribution in [3.05, 3.63) is 64.5 Å². The van der Waals surface area contributed by atoms with E-state index >= 15 is 0 Å². The van der Waals surface area contributed by atoms with Gasteiger partial charge in [0.1, 0.15) is 23.6 Å². The van der Waals surface area contributed by atoms with Crippen molar-refractivity contribution in [1.82, 2.24) is 0 Å². The fourth-order valence-corrected chi connectivity index (χ4v) is 2.91. The molecule has 7 nitrogen and oxygen atoms in total. The Morgan fingerprint density at radius 2 is 1.93 bits per heavy atom. The number of methoxy groups -OCH3 is 1. The largest absolute Gasteiger partial charge is 0.508 e. The second kappa shape index (κ2) is 7.92. The molecule has 0 aliphatic rings. The van der Waals surface area contributed by atoms with Gasteiger partial charge in [0, 0.05) is 28.8 Å². The molecule has 7 heteroatoms. The number of quaternary nitrogens is 1. The summed E-state index contributed by atoms with van der Waals surface area (Å²) in [6.07, 6.45) is 0. The molecule has 0 spiro atoms. The van der Waals surface area contributed by atoms with Gasteiger partial charge in [0.15, 0.2) is 6.54 Å². The summed E-state index contributed by atoms with van der Waals surface area (Å²) < 4.78 is 10.2. The fraction of sp³-hybridized carbons (Fsp3) is 0.200. The van der Waals surface area contributed by atoms with Crippen LogP contribution in [0.2, 0.25) is 0 Å². The van der Waals surface area contributed by atoms with Crippen LogP contribution in [0, 0.1) is 0 Å². The van der Waals surface area contributed by atoms with Gasteiger partial charge in [-0.2, -0.15) is 0 Å². The number of hydrogen-bond donors (Lipinski definition) is 3. The second-order valence-corrected chi connectivity index (χ2v) is 6.36. The average molecular weight is 369 g/mol. The molecule has 2 aromatic carbocycles. The summed E-state index contributed by atoms with van der Waals surface area (Å²) in [5, 5.41) is 13.1. The molecule has 1 aromatic heterocycles. The first kappa shape index (κ1) is 18.5. The molecule has 0 saturated heterocycles. The number of fused-ring (bicyclic) bond motifs is 1. The Morgan fingerprint density at radius 3 is 2.63 bits per heavy atom. The van der Waals surface area contributed by atoms with Gasteiger partial charge in [0.05, 0.1) is 14.2 Å². The third-order valence-electron chi connectivity index (χ3n) is 4.14. The summed E-state index contributed by atoms with van der Waals surface area (Å²) in [7, 11) is 3.45. The van der Waals surface area contributed by atoms with E-state index in [2.05, 4.69) is 5.32 Å². The fourth-order valence-electron chi connectivity index (χ4n) is 2.91. The first-order valence-corrected chi connectivity index (χ1v) is 8.45. The Bertz CT molecular complexity index is 1010. The lowest BCUT2D eigenvalue weighted by Gasteiger charge is -2.15. The Morgan fingerprint density at radius 1 is 1.19 bits per heavy atom. The predicted octanol–water partition coefficient (Wildman–Crippen LogP) is 1.16. The lowest BCUT2D eigenvalue weighted by Crippen LogP contribution is -3.08. The van der Waals surface area contributed by atoms with Crippen LogP contribution < -0.4 is 20.6 Å². The van der Waals surface area contributed by atoms with E-state index in [0.717, 1.165) is 21.6 Å². The van der Waals surface area contributed by atoms with Crippen LogP contribution in [0.25, 0.3) is 11.0 Å². The van der Waals surface area contributed by atoms with Crippen molar-refractivity contribution in [2.75, 3.05) is 26.0 Å². The molecule has 1 unspecified atom stereocenters. The minimum absolute atomic E-state index is 0.0300. The van der Waals surface area contributed by atoms with Crippen LogP contribution in [0.1, 0.15) is 5.56 Å². The molecule has 0 fully saturated rings. The number of phenols is 1. The standard InChI is InChI=1S/C20H20N2O5/c1-22(12-19(24)21-14-3-6-16(26-2)7-4-14)11-13-9-20(25)27-18-10-15(23)5-8-17(13)18/h3-10,23H,11-12H2,1-2H3,(H,21,24)/p+1. The van der Waals surface area contributed by atoms with E-state index in [1.807, 2.05) is 7.05 Å². The zero-order valence-electron chi connectivity index (χ0n) is 15.1. The highest BCUT2D eigenvalue weighted by Gasteiger charge is 2.14. The van der Waals surface area contributed by atoms with E-state index in [1.165, 1.54) is 18.2 Å². The molecule has 0 aliphatic carbocycles. The van der Waals surface area contributed by atoms with E-state index in [1.54, 1.807) is 37.4 Å². The van der Waals surface area contributed by atoms with Gasteiger partial charge in [0.2, 0.25) is 0 Å². The monoisotopic (exact) mass is 369 g/mol. The molecule has 27 heavy (non-hydrogen) atoms. The average Bonchev–Trinajstić information content (AvgIpc) is 2.61. The predicted molar refractivity (Wildman–Crippen MR) is 101 cm³/mol. The minimum Gasteiger partial charge on any atom is -0.508 e. The number of amides is 1. The summed E-state index contributed by atoms with van der Waals surface area (Å²) in [5.41, 5.74) is 1.29. The van der Waals surface area contributed by atoms with Gasteiger partial charge in [-0.1, -0.05) is 0 Å². The van der Waals surface area contributed by atoms with Gasteiger partial charge in [-0.05, 0) is 36.4 Å². The number of benzene rings is 2. The number of ether oxygens (including phenoxy) is 1. The Balaban J connectivity index is 1.68. The van der Waals surface area contributed by atoms with Crippen molar-refractivity contribution >= 4 is 22.6 Å². The smallest absolute Gasteiger partial charge is 0.336 e. The van der Waals surface area contributed by atoms with Gasteiger partial charge < -0.3 is 24.5 Å². The molecule has 0 aliphatic heterocycles. The van der Waals surface area contributed by atoms with Crippen LogP contribution in [0.3, 0.4) is 0 Å². The van der Waals surface area contributed by atoms with Crippen LogP contribution in [0.15, 0.2) is 57.7 Å². The SMILES string of the molecule is COc1ccc(NC(=O)C[NH+](C)Cc2cc(=O)oc3cc(O)ccc23)cc1. The van der Waals surface area contributed by atoms with Gasteiger partial charge >= 0.3 is 5.63 Å². The van der Waals surface area contributed by atoms with Gasteiger partial charge in [0.25, 0.3) is 5.91 Å². The maximum absolute atomic E-state index is 12.3. The quantitative estimate of drug-likeness (QED) is 0.567. The number of carbonyl (C=O) groups excluding carboxylic acids is 1. The molecule has 0 saturated carbocycles. The van der Waals surface area contributed by atoms with Crippen LogP contribution in [0.4, 0.5) is 5.69 Å². The first-order valence-electron chi connectivity index (χ1n) is 8.45. The van der Waals surface area contributed by atoms with E-state index in [0.29, 0.717) is 17.8 Å². The number of likely N-dealkylation sites (N-methyl/N-ethyl adjacent to an activating group) is 1.